The van der Waals surface area contributed by atoms with Crippen LogP contribution in [0.3, 0.4) is 0 Å². The minimum Gasteiger partial charge on any atom is -0.493 e. The number of fused-ring (bicyclic) bond motifs is 1. The van der Waals surface area contributed by atoms with Crippen LogP contribution in [-0.4, -0.2) is 23.2 Å². The van der Waals surface area contributed by atoms with E-state index in [1.54, 1.807) is 13.2 Å². The third kappa shape index (κ3) is 3.11. The standard InChI is InChI=1S/C18H22N2O2/c1-7-13(8-2)18-19-12(5)14-9-17(22-11(3)4)16(21-6)10-15(14)20-18/h7-11H,1H2,2-6H3/b13-8+. The van der Waals surface area contributed by atoms with Crippen LogP contribution in [0.5, 0.6) is 11.5 Å². The van der Waals surface area contributed by atoms with Crippen LogP contribution in [0.1, 0.15) is 32.3 Å². The van der Waals surface area contributed by atoms with Crippen LogP contribution < -0.4 is 9.47 Å². The highest BCUT2D eigenvalue weighted by molar-refractivity contribution is 5.86. The van der Waals surface area contributed by atoms with Crippen LogP contribution in [0.25, 0.3) is 16.5 Å². The number of allylic oxidation sites excluding steroid dienone is 3. The fraction of sp³-hybridized carbons (Fsp3) is 0.333. The summed E-state index contributed by atoms with van der Waals surface area (Å²) in [5.74, 6) is 2.05. The van der Waals surface area contributed by atoms with E-state index in [0.29, 0.717) is 17.3 Å². The molecular formula is C18H22N2O2. The number of rotatable bonds is 5. The molecule has 1 aromatic heterocycles. The minimum absolute atomic E-state index is 0.0715. The second-order valence-electron chi connectivity index (χ2n) is 5.27. The van der Waals surface area contributed by atoms with Gasteiger partial charge in [-0.1, -0.05) is 18.7 Å². The summed E-state index contributed by atoms with van der Waals surface area (Å²) in [6.07, 6.45) is 3.78. The molecule has 0 bridgehead atoms. The fourth-order valence-electron chi connectivity index (χ4n) is 2.26. The molecule has 116 valence electrons. The number of hydrogen-bond acceptors (Lipinski definition) is 4. The van der Waals surface area contributed by atoms with Gasteiger partial charge in [0.25, 0.3) is 0 Å². The smallest absolute Gasteiger partial charge is 0.162 e. The van der Waals surface area contributed by atoms with Crippen LogP contribution in [0, 0.1) is 6.92 Å². The molecule has 22 heavy (non-hydrogen) atoms. The predicted octanol–water partition coefficient (Wildman–Crippen LogP) is 4.32. The molecule has 4 heteroatoms. The molecule has 2 rings (SSSR count). The molecule has 1 aromatic carbocycles. The summed E-state index contributed by atoms with van der Waals surface area (Å²) in [6.45, 7) is 11.7. The highest BCUT2D eigenvalue weighted by Crippen LogP contribution is 2.33. The van der Waals surface area contributed by atoms with Gasteiger partial charge >= 0.3 is 0 Å². The maximum Gasteiger partial charge on any atom is 0.162 e. The van der Waals surface area contributed by atoms with Gasteiger partial charge in [0, 0.05) is 22.7 Å². The summed E-state index contributed by atoms with van der Waals surface area (Å²) < 4.78 is 11.2. The lowest BCUT2D eigenvalue weighted by molar-refractivity contribution is 0.230. The number of nitrogens with zero attached hydrogens (tertiary/aromatic N) is 2. The lowest BCUT2D eigenvalue weighted by Crippen LogP contribution is -2.07. The molecule has 0 unspecified atom stereocenters. The van der Waals surface area contributed by atoms with E-state index in [2.05, 4.69) is 16.5 Å². The Labute approximate surface area is 131 Å². The van der Waals surface area contributed by atoms with Crippen molar-refractivity contribution in [1.29, 1.82) is 0 Å². The van der Waals surface area contributed by atoms with Gasteiger partial charge in [0.05, 0.1) is 18.7 Å². The Morgan fingerprint density at radius 1 is 1.23 bits per heavy atom. The first kappa shape index (κ1) is 16.0. The summed E-state index contributed by atoms with van der Waals surface area (Å²) in [6, 6.07) is 3.83. The Balaban J connectivity index is 2.67. The summed E-state index contributed by atoms with van der Waals surface area (Å²) in [5, 5.41) is 0.958. The van der Waals surface area contributed by atoms with Crippen molar-refractivity contribution in [2.24, 2.45) is 0 Å². The van der Waals surface area contributed by atoms with Crippen LogP contribution in [0.2, 0.25) is 0 Å². The Bertz CT molecular complexity index is 733. The molecule has 0 saturated carbocycles. The maximum absolute atomic E-state index is 5.81. The molecule has 0 amide bonds. The molecule has 0 fully saturated rings. The summed E-state index contributed by atoms with van der Waals surface area (Å²) in [4.78, 5) is 9.19. The van der Waals surface area contributed by atoms with E-state index in [0.717, 1.165) is 22.2 Å². The monoisotopic (exact) mass is 298 g/mol. The van der Waals surface area contributed by atoms with Gasteiger partial charge in [0.15, 0.2) is 17.3 Å². The van der Waals surface area contributed by atoms with Gasteiger partial charge in [0.1, 0.15) is 0 Å². The zero-order valence-electron chi connectivity index (χ0n) is 13.8. The number of aryl methyl sites for hydroxylation is 1. The first-order valence-corrected chi connectivity index (χ1v) is 7.32. The van der Waals surface area contributed by atoms with E-state index in [9.17, 15) is 0 Å². The zero-order valence-corrected chi connectivity index (χ0v) is 13.8. The van der Waals surface area contributed by atoms with E-state index in [-0.39, 0.29) is 6.10 Å². The quantitative estimate of drug-likeness (QED) is 0.771. The molecule has 0 aliphatic carbocycles. The van der Waals surface area contributed by atoms with E-state index < -0.39 is 0 Å². The van der Waals surface area contributed by atoms with Gasteiger partial charge in [-0.2, -0.15) is 0 Å². The van der Waals surface area contributed by atoms with E-state index in [4.69, 9.17) is 9.47 Å². The van der Waals surface area contributed by atoms with Crippen molar-refractivity contribution in [2.45, 2.75) is 33.8 Å². The zero-order chi connectivity index (χ0) is 16.3. The molecule has 0 atom stereocenters. The molecule has 1 heterocycles. The molecule has 2 aromatic rings. The highest BCUT2D eigenvalue weighted by atomic mass is 16.5. The number of benzene rings is 1. The van der Waals surface area contributed by atoms with Gasteiger partial charge in [-0.15, -0.1) is 0 Å². The first-order valence-electron chi connectivity index (χ1n) is 7.32. The molecule has 0 N–H and O–H groups in total. The van der Waals surface area contributed by atoms with Crippen molar-refractivity contribution >= 4 is 16.5 Å². The normalized spacial score (nSPS) is 11.8. The number of methoxy groups -OCH3 is 1. The fourth-order valence-corrected chi connectivity index (χ4v) is 2.26. The van der Waals surface area contributed by atoms with Gasteiger partial charge in [0.2, 0.25) is 0 Å². The van der Waals surface area contributed by atoms with Crippen molar-refractivity contribution in [3.05, 3.63) is 42.4 Å². The van der Waals surface area contributed by atoms with Crippen molar-refractivity contribution in [2.75, 3.05) is 7.11 Å². The van der Waals surface area contributed by atoms with Crippen LogP contribution >= 0.6 is 0 Å². The average Bonchev–Trinajstić information content (AvgIpc) is 2.48. The van der Waals surface area contributed by atoms with Crippen LogP contribution in [0.4, 0.5) is 0 Å². The van der Waals surface area contributed by atoms with Crippen LogP contribution in [-0.2, 0) is 0 Å². The maximum atomic E-state index is 5.81. The molecule has 4 nitrogen and oxygen atoms in total. The summed E-state index contributed by atoms with van der Waals surface area (Å²) in [5.41, 5.74) is 2.64. The summed E-state index contributed by atoms with van der Waals surface area (Å²) >= 11 is 0. The van der Waals surface area contributed by atoms with E-state index in [1.165, 1.54) is 0 Å². The SMILES string of the molecule is C=C/C(=C\C)c1nc(C)c2cc(OC(C)C)c(OC)cc2n1. The second-order valence-corrected chi connectivity index (χ2v) is 5.27. The molecule has 0 aliphatic rings. The lowest BCUT2D eigenvalue weighted by atomic mass is 10.1. The lowest BCUT2D eigenvalue weighted by Gasteiger charge is -2.15. The molecule has 0 radical (unpaired) electrons. The minimum atomic E-state index is 0.0715. The topological polar surface area (TPSA) is 44.2 Å². The van der Waals surface area contributed by atoms with E-state index in [1.807, 2.05) is 45.9 Å². The van der Waals surface area contributed by atoms with Crippen molar-refractivity contribution in [3.8, 4) is 11.5 Å². The third-order valence-corrected chi connectivity index (χ3v) is 3.32. The number of aromatic nitrogens is 2. The van der Waals surface area contributed by atoms with Crippen molar-refractivity contribution < 1.29 is 9.47 Å². The van der Waals surface area contributed by atoms with Gasteiger partial charge < -0.3 is 9.47 Å². The molecule has 0 spiro atoms. The average molecular weight is 298 g/mol. The van der Waals surface area contributed by atoms with Gasteiger partial charge in [-0.3, -0.25) is 0 Å². The molecular weight excluding hydrogens is 276 g/mol. The third-order valence-electron chi connectivity index (χ3n) is 3.32. The van der Waals surface area contributed by atoms with E-state index >= 15 is 0 Å². The predicted molar refractivity (Wildman–Crippen MR) is 90.4 cm³/mol. The largest absolute Gasteiger partial charge is 0.493 e. The second kappa shape index (κ2) is 6.60. The van der Waals surface area contributed by atoms with Crippen molar-refractivity contribution in [3.63, 3.8) is 0 Å². The Kier molecular flexibility index (Phi) is 4.81. The Hall–Kier alpha value is -2.36. The summed E-state index contributed by atoms with van der Waals surface area (Å²) in [7, 11) is 1.63. The number of hydrogen-bond donors (Lipinski definition) is 0. The highest BCUT2D eigenvalue weighted by Gasteiger charge is 2.13. The molecule has 0 saturated heterocycles. The van der Waals surface area contributed by atoms with Gasteiger partial charge in [-0.05, 0) is 33.8 Å². The number of ether oxygens (including phenoxy) is 2. The van der Waals surface area contributed by atoms with Crippen molar-refractivity contribution in [1.82, 2.24) is 9.97 Å². The molecule has 0 aliphatic heterocycles. The Morgan fingerprint density at radius 2 is 1.95 bits per heavy atom. The van der Waals surface area contributed by atoms with Gasteiger partial charge in [-0.25, -0.2) is 9.97 Å². The van der Waals surface area contributed by atoms with Crippen LogP contribution in [0.15, 0.2) is 30.9 Å². The Morgan fingerprint density at radius 3 is 2.50 bits per heavy atom. The first-order chi connectivity index (χ1) is 10.5.